The van der Waals surface area contributed by atoms with Gasteiger partial charge < -0.3 is 21.6 Å². The topological polar surface area (TPSA) is 99.7 Å². The highest BCUT2D eigenvalue weighted by Gasteiger charge is 2.25. The monoisotopic (exact) mass is 286 g/mol. The van der Waals surface area contributed by atoms with Crippen LogP contribution in [0.4, 0.5) is 10.5 Å². The zero-order valence-electron chi connectivity index (χ0n) is 11.9. The number of nitrogens with zero attached hydrogens (tertiary/aromatic N) is 1. The van der Waals surface area contributed by atoms with Crippen molar-refractivity contribution in [3.63, 3.8) is 0 Å². The molecule has 0 aromatic heterocycles. The number of anilines is 1. The van der Waals surface area contributed by atoms with E-state index in [2.05, 4.69) is 15.8 Å². The van der Waals surface area contributed by atoms with Crippen molar-refractivity contribution >= 4 is 28.3 Å². The second-order valence-electron chi connectivity index (χ2n) is 5.22. The number of carbonyl (C=O) groups excluding carboxylic acids is 1. The number of benzene rings is 2. The molecule has 110 valence electrons. The van der Waals surface area contributed by atoms with Gasteiger partial charge in [-0.2, -0.15) is 0 Å². The molecule has 6 heteroatoms. The molecule has 0 spiro atoms. The SMILES string of the molecule is CC(C)(NC(=O)Nc1cccc2ccccc12)/C(N)=N/O. The fourth-order valence-electron chi connectivity index (χ4n) is 1.96. The van der Waals surface area contributed by atoms with Crippen molar-refractivity contribution in [2.75, 3.05) is 5.32 Å². The number of oxime groups is 1. The highest BCUT2D eigenvalue weighted by Crippen LogP contribution is 2.22. The molecule has 0 aliphatic rings. The Kier molecular flexibility index (Phi) is 3.98. The quantitative estimate of drug-likeness (QED) is 0.302. The third-order valence-corrected chi connectivity index (χ3v) is 3.21. The Balaban J connectivity index is 2.19. The molecule has 0 saturated carbocycles. The summed E-state index contributed by atoms with van der Waals surface area (Å²) in [6.45, 7) is 3.29. The minimum atomic E-state index is -0.955. The fourth-order valence-corrected chi connectivity index (χ4v) is 1.96. The average Bonchev–Trinajstić information content (AvgIpc) is 2.46. The van der Waals surface area contributed by atoms with Crippen molar-refractivity contribution in [2.45, 2.75) is 19.4 Å². The number of urea groups is 1. The lowest BCUT2D eigenvalue weighted by Crippen LogP contribution is -2.54. The van der Waals surface area contributed by atoms with E-state index in [1.165, 1.54) is 0 Å². The van der Waals surface area contributed by atoms with Crippen LogP contribution in [0.15, 0.2) is 47.6 Å². The summed E-state index contributed by atoms with van der Waals surface area (Å²) in [6.07, 6.45) is 0. The Morgan fingerprint density at radius 2 is 1.86 bits per heavy atom. The molecule has 0 atom stereocenters. The molecule has 0 radical (unpaired) electrons. The maximum Gasteiger partial charge on any atom is 0.320 e. The third-order valence-electron chi connectivity index (χ3n) is 3.21. The summed E-state index contributed by atoms with van der Waals surface area (Å²) in [4.78, 5) is 12.1. The number of amidine groups is 1. The Hall–Kier alpha value is -2.76. The molecule has 0 aliphatic heterocycles. The number of amides is 2. The van der Waals surface area contributed by atoms with E-state index in [9.17, 15) is 4.79 Å². The summed E-state index contributed by atoms with van der Waals surface area (Å²) >= 11 is 0. The van der Waals surface area contributed by atoms with E-state index in [1.807, 2.05) is 42.5 Å². The molecule has 0 heterocycles. The van der Waals surface area contributed by atoms with Gasteiger partial charge >= 0.3 is 6.03 Å². The first-order valence-corrected chi connectivity index (χ1v) is 6.49. The normalized spacial score (nSPS) is 12.2. The van der Waals surface area contributed by atoms with Crippen molar-refractivity contribution in [3.8, 4) is 0 Å². The predicted octanol–water partition coefficient (Wildman–Crippen LogP) is 2.49. The summed E-state index contributed by atoms with van der Waals surface area (Å²) in [6, 6.07) is 13.0. The Bertz CT molecular complexity index is 690. The van der Waals surface area contributed by atoms with Crippen molar-refractivity contribution in [3.05, 3.63) is 42.5 Å². The van der Waals surface area contributed by atoms with Gasteiger partial charge in [0, 0.05) is 5.39 Å². The minimum Gasteiger partial charge on any atom is -0.409 e. The summed E-state index contributed by atoms with van der Waals surface area (Å²) in [7, 11) is 0. The standard InChI is InChI=1S/C15H18N4O2/c1-15(2,13(16)19-21)18-14(20)17-12-9-5-7-10-6-3-4-8-11(10)12/h3-9,21H,1-2H3,(H2,16,19)(H2,17,18,20). The lowest BCUT2D eigenvalue weighted by Gasteiger charge is -2.24. The van der Waals surface area contributed by atoms with Crippen molar-refractivity contribution in [1.29, 1.82) is 0 Å². The van der Waals surface area contributed by atoms with E-state index >= 15 is 0 Å². The number of nitrogens with one attached hydrogen (secondary N) is 2. The van der Waals surface area contributed by atoms with E-state index in [0.717, 1.165) is 10.8 Å². The first-order chi connectivity index (χ1) is 9.94. The molecule has 0 aliphatic carbocycles. The molecule has 0 saturated heterocycles. The minimum absolute atomic E-state index is 0.0735. The molecule has 2 amide bonds. The lowest BCUT2D eigenvalue weighted by atomic mass is 10.1. The highest BCUT2D eigenvalue weighted by molar-refractivity contribution is 6.03. The molecule has 21 heavy (non-hydrogen) atoms. The zero-order chi connectivity index (χ0) is 15.5. The maximum absolute atomic E-state index is 12.1. The Morgan fingerprint density at radius 1 is 1.19 bits per heavy atom. The van der Waals surface area contributed by atoms with Crippen molar-refractivity contribution in [1.82, 2.24) is 5.32 Å². The molecule has 0 fully saturated rings. The van der Waals surface area contributed by atoms with Gasteiger partial charge in [0.1, 0.15) is 0 Å². The van der Waals surface area contributed by atoms with Gasteiger partial charge in [-0.3, -0.25) is 0 Å². The van der Waals surface area contributed by atoms with Crippen LogP contribution in [0.5, 0.6) is 0 Å². The second kappa shape index (κ2) is 5.70. The summed E-state index contributed by atoms with van der Waals surface area (Å²) < 4.78 is 0. The maximum atomic E-state index is 12.1. The first kappa shape index (κ1) is 14.6. The van der Waals surface area contributed by atoms with Gasteiger partial charge in [0.15, 0.2) is 5.84 Å². The van der Waals surface area contributed by atoms with Gasteiger partial charge in [-0.15, -0.1) is 0 Å². The summed E-state index contributed by atoms with van der Waals surface area (Å²) in [5, 5.41) is 19.0. The molecular formula is C15H18N4O2. The Morgan fingerprint density at radius 3 is 2.57 bits per heavy atom. The summed E-state index contributed by atoms with van der Waals surface area (Å²) in [5.74, 6) is -0.0735. The van der Waals surface area contributed by atoms with Crippen LogP contribution in [0.25, 0.3) is 10.8 Å². The number of carbonyl (C=O) groups is 1. The van der Waals surface area contributed by atoms with Crippen LogP contribution in [-0.4, -0.2) is 22.6 Å². The number of nitrogens with two attached hydrogens (primary N) is 1. The van der Waals surface area contributed by atoms with Gasteiger partial charge in [0.2, 0.25) is 0 Å². The van der Waals surface area contributed by atoms with Crippen LogP contribution in [0.1, 0.15) is 13.8 Å². The van der Waals surface area contributed by atoms with E-state index in [1.54, 1.807) is 13.8 Å². The lowest BCUT2D eigenvalue weighted by molar-refractivity contribution is 0.246. The van der Waals surface area contributed by atoms with Gasteiger partial charge in [-0.25, -0.2) is 4.79 Å². The van der Waals surface area contributed by atoms with Crippen LogP contribution in [0.2, 0.25) is 0 Å². The molecule has 0 unspecified atom stereocenters. The third kappa shape index (κ3) is 3.22. The number of rotatable bonds is 3. The predicted molar refractivity (Wildman–Crippen MR) is 83.6 cm³/mol. The van der Waals surface area contributed by atoms with Gasteiger partial charge in [0.25, 0.3) is 0 Å². The highest BCUT2D eigenvalue weighted by atomic mass is 16.4. The largest absolute Gasteiger partial charge is 0.409 e. The van der Waals surface area contributed by atoms with Crippen LogP contribution >= 0.6 is 0 Å². The van der Waals surface area contributed by atoms with E-state index in [0.29, 0.717) is 5.69 Å². The van der Waals surface area contributed by atoms with Gasteiger partial charge in [-0.05, 0) is 25.3 Å². The van der Waals surface area contributed by atoms with Crippen LogP contribution in [0.3, 0.4) is 0 Å². The van der Waals surface area contributed by atoms with Crippen LogP contribution in [0, 0.1) is 0 Å². The average molecular weight is 286 g/mol. The zero-order valence-corrected chi connectivity index (χ0v) is 11.9. The molecule has 6 nitrogen and oxygen atoms in total. The fraction of sp³-hybridized carbons (Fsp3) is 0.200. The summed E-state index contributed by atoms with van der Waals surface area (Å²) in [5.41, 5.74) is 5.28. The molecular weight excluding hydrogens is 268 g/mol. The molecule has 0 bridgehead atoms. The van der Waals surface area contributed by atoms with Crippen LogP contribution in [-0.2, 0) is 0 Å². The Labute approximate surface area is 122 Å². The molecule has 2 aromatic carbocycles. The van der Waals surface area contributed by atoms with Crippen LogP contribution < -0.4 is 16.4 Å². The van der Waals surface area contributed by atoms with Crippen molar-refractivity contribution in [2.24, 2.45) is 10.9 Å². The second-order valence-corrected chi connectivity index (χ2v) is 5.22. The molecule has 2 rings (SSSR count). The smallest absolute Gasteiger partial charge is 0.320 e. The van der Waals surface area contributed by atoms with E-state index in [4.69, 9.17) is 10.9 Å². The molecule has 2 aromatic rings. The van der Waals surface area contributed by atoms with Crippen molar-refractivity contribution < 1.29 is 10.0 Å². The first-order valence-electron chi connectivity index (χ1n) is 6.49. The van der Waals surface area contributed by atoms with Gasteiger partial charge in [0.05, 0.1) is 11.2 Å². The number of fused-ring (bicyclic) bond motifs is 1. The number of hydrogen-bond acceptors (Lipinski definition) is 3. The van der Waals surface area contributed by atoms with E-state index in [-0.39, 0.29) is 5.84 Å². The molecule has 5 N–H and O–H groups in total. The van der Waals surface area contributed by atoms with E-state index < -0.39 is 11.6 Å². The number of hydrogen-bond donors (Lipinski definition) is 4. The van der Waals surface area contributed by atoms with Gasteiger partial charge in [-0.1, -0.05) is 41.6 Å².